The maximum absolute atomic E-state index is 12.0. The van der Waals surface area contributed by atoms with Crippen molar-refractivity contribution < 1.29 is 62.2 Å². The molecular formula is C14H20Cl4F12O2Si2. The van der Waals surface area contributed by atoms with Gasteiger partial charge in [0.2, 0.25) is 26.3 Å². The zero-order valence-corrected chi connectivity index (χ0v) is 22.4. The summed E-state index contributed by atoms with van der Waals surface area (Å²) in [4.78, 5) is 0. The van der Waals surface area contributed by atoms with E-state index >= 15 is 0 Å². The highest BCUT2D eigenvalue weighted by atomic mass is 35.7. The maximum Gasteiger partial charge on any atom is 0.423 e. The molecule has 0 aliphatic rings. The van der Waals surface area contributed by atoms with E-state index < -0.39 is 64.2 Å². The molecule has 0 aromatic carbocycles. The minimum atomic E-state index is -5.47. The second-order valence-corrected chi connectivity index (χ2v) is 20.0. The number of rotatable bonds is 8. The van der Waals surface area contributed by atoms with Crippen LogP contribution in [0.15, 0.2) is 12.7 Å². The molecule has 0 amide bonds. The van der Waals surface area contributed by atoms with Crippen LogP contribution in [0.1, 0.15) is 6.42 Å². The van der Waals surface area contributed by atoms with Gasteiger partial charge in [0.25, 0.3) is 0 Å². The molecule has 0 rings (SSSR count). The first-order valence-corrected chi connectivity index (χ1v) is 17.9. The van der Waals surface area contributed by atoms with Crippen molar-refractivity contribution in [2.45, 2.75) is 62.5 Å². The SMILES string of the molecule is C=CCOC(C(F)(F)F)C(F)(F)F.C[SiH](Cl)Cl.C[Si](Cl)(Cl)CCCOC(C(F)(F)F)C(F)(F)F. The first kappa shape index (κ1) is 38.9. The van der Waals surface area contributed by atoms with Crippen LogP contribution in [-0.2, 0) is 9.47 Å². The summed E-state index contributed by atoms with van der Waals surface area (Å²) in [6, 6.07) is 0.165. The van der Waals surface area contributed by atoms with E-state index in [0.717, 1.165) is 6.08 Å². The highest BCUT2D eigenvalue weighted by molar-refractivity contribution is 7.44. The molecule has 0 fully saturated rings. The monoisotopic (exact) mass is 644 g/mol. The molecule has 0 bridgehead atoms. The number of hydrogen-bond donors (Lipinski definition) is 0. The van der Waals surface area contributed by atoms with E-state index in [2.05, 4.69) is 16.1 Å². The van der Waals surface area contributed by atoms with E-state index in [0.29, 0.717) is 0 Å². The maximum atomic E-state index is 12.0. The van der Waals surface area contributed by atoms with Crippen molar-refractivity contribution >= 4 is 58.4 Å². The van der Waals surface area contributed by atoms with Crippen molar-refractivity contribution in [3.8, 4) is 0 Å². The van der Waals surface area contributed by atoms with Gasteiger partial charge in [0.1, 0.15) is 0 Å². The van der Waals surface area contributed by atoms with Gasteiger partial charge in [-0.3, -0.25) is 0 Å². The highest BCUT2D eigenvalue weighted by Gasteiger charge is 2.58. The summed E-state index contributed by atoms with van der Waals surface area (Å²) in [6.07, 6.45) is -28.6. The van der Waals surface area contributed by atoms with Crippen LogP contribution in [0, 0.1) is 0 Å². The number of halogens is 16. The highest BCUT2D eigenvalue weighted by Crippen LogP contribution is 2.36. The Kier molecular flexibility index (Phi) is 18.7. The van der Waals surface area contributed by atoms with Gasteiger partial charge in [-0.2, -0.15) is 74.8 Å². The van der Waals surface area contributed by atoms with Crippen LogP contribution in [0.3, 0.4) is 0 Å². The number of ether oxygens (including phenoxy) is 2. The third-order valence-electron chi connectivity index (χ3n) is 2.61. The predicted molar refractivity (Wildman–Crippen MR) is 111 cm³/mol. The Balaban J connectivity index is -0.000000500. The third-order valence-corrected chi connectivity index (χ3v) is 4.98. The Morgan fingerprint density at radius 2 is 1.09 bits per heavy atom. The molecular weight excluding hydrogens is 626 g/mol. The van der Waals surface area contributed by atoms with Gasteiger partial charge >= 0.3 is 24.7 Å². The van der Waals surface area contributed by atoms with Gasteiger partial charge in [-0.25, -0.2) is 0 Å². The molecule has 0 aliphatic heterocycles. The van der Waals surface area contributed by atoms with Crippen LogP contribution < -0.4 is 0 Å². The smallest absolute Gasteiger partial charge is 0.361 e. The lowest BCUT2D eigenvalue weighted by atomic mass is 10.3. The summed E-state index contributed by atoms with van der Waals surface area (Å²) in [7, 11) is -1.19. The second kappa shape index (κ2) is 16.3. The van der Waals surface area contributed by atoms with Crippen molar-refractivity contribution in [1.29, 1.82) is 0 Å². The second-order valence-electron chi connectivity index (χ2n) is 6.11. The van der Waals surface area contributed by atoms with E-state index in [1.807, 2.05) is 6.55 Å². The summed E-state index contributed by atoms with van der Waals surface area (Å²) in [5.74, 6) is 0. The molecule has 20 heteroatoms. The molecule has 0 aromatic heterocycles. The Labute approximate surface area is 208 Å². The largest absolute Gasteiger partial charge is 0.423 e. The zero-order valence-electron chi connectivity index (χ0n) is 17.2. The Morgan fingerprint density at radius 1 is 0.794 bits per heavy atom. The molecule has 2 nitrogen and oxygen atoms in total. The van der Waals surface area contributed by atoms with Gasteiger partial charge in [0.05, 0.1) is 6.61 Å². The molecule has 0 spiro atoms. The van der Waals surface area contributed by atoms with Gasteiger partial charge in [-0.15, -0.1) is 28.7 Å². The van der Waals surface area contributed by atoms with Crippen LogP contribution in [-0.4, -0.2) is 64.2 Å². The van der Waals surface area contributed by atoms with Gasteiger partial charge in [0.15, 0.2) is 0 Å². The molecule has 0 aromatic rings. The Hall–Kier alpha value is 0.414. The minimum Gasteiger partial charge on any atom is -0.361 e. The summed E-state index contributed by atoms with van der Waals surface area (Å²) in [6.45, 7) is 2.28. The molecule has 0 N–H and O–H groups in total. The van der Waals surface area contributed by atoms with Crippen molar-refractivity contribution in [2.75, 3.05) is 13.2 Å². The lowest BCUT2D eigenvalue weighted by molar-refractivity contribution is -0.322. The number of hydrogen-bond acceptors (Lipinski definition) is 2. The fraction of sp³-hybridized carbons (Fsp3) is 0.857. The first-order valence-electron chi connectivity index (χ1n) is 8.53. The average Bonchev–Trinajstić information content (AvgIpc) is 2.48. The molecule has 0 aliphatic carbocycles. The summed E-state index contributed by atoms with van der Waals surface area (Å²) < 4.78 is 149. The topological polar surface area (TPSA) is 18.5 Å². The summed E-state index contributed by atoms with van der Waals surface area (Å²) in [5, 5.41) is 0. The van der Waals surface area contributed by atoms with E-state index in [1.54, 1.807) is 0 Å². The van der Waals surface area contributed by atoms with Crippen molar-refractivity contribution in [3.05, 3.63) is 12.7 Å². The average molecular weight is 646 g/mol. The molecule has 0 saturated heterocycles. The quantitative estimate of drug-likeness (QED) is 0.0867. The fourth-order valence-corrected chi connectivity index (χ4v) is 3.06. The van der Waals surface area contributed by atoms with Gasteiger partial charge in [-0.05, 0) is 25.6 Å². The number of alkyl halides is 12. The Bertz CT molecular complexity index is 519. The minimum absolute atomic E-state index is 0.0433. The molecule has 0 heterocycles. The van der Waals surface area contributed by atoms with Crippen molar-refractivity contribution in [1.82, 2.24) is 0 Å². The van der Waals surface area contributed by atoms with E-state index in [-0.39, 0.29) is 12.5 Å². The molecule has 0 atom stereocenters. The van der Waals surface area contributed by atoms with E-state index in [4.69, 9.17) is 44.3 Å². The lowest BCUT2D eigenvalue weighted by Crippen LogP contribution is -2.44. The van der Waals surface area contributed by atoms with Crippen LogP contribution in [0.4, 0.5) is 52.7 Å². The van der Waals surface area contributed by atoms with E-state index in [9.17, 15) is 52.7 Å². The zero-order chi connectivity index (χ0) is 28.2. The molecule has 208 valence electrons. The van der Waals surface area contributed by atoms with Crippen molar-refractivity contribution in [3.63, 3.8) is 0 Å². The summed E-state index contributed by atoms with van der Waals surface area (Å²) in [5.41, 5.74) is 0. The van der Waals surface area contributed by atoms with Crippen LogP contribution in [0.25, 0.3) is 0 Å². The fourth-order valence-electron chi connectivity index (χ4n) is 1.50. The standard InChI is InChI=1S/C7H10Cl2F6OSi.C6H6F6O.CH4Cl2Si/c1-17(8,9)4-2-3-16-5(6(10,11)12)7(13,14)15;1-2-3-13-4(5(7,8)9)6(10,11)12;1-4(2)3/h5H,2-4H2,1H3;2,4H,1,3H2;4H,1H3. The lowest BCUT2D eigenvalue weighted by Gasteiger charge is -2.23. The Morgan fingerprint density at radius 3 is 1.32 bits per heavy atom. The molecule has 0 unspecified atom stereocenters. The van der Waals surface area contributed by atoms with E-state index in [1.165, 1.54) is 6.55 Å². The van der Waals surface area contributed by atoms with Gasteiger partial charge in [-0.1, -0.05) is 6.08 Å². The first-order chi connectivity index (χ1) is 14.8. The van der Waals surface area contributed by atoms with Crippen LogP contribution >= 0.6 is 44.3 Å². The predicted octanol–water partition coefficient (Wildman–Crippen LogP) is 8.43. The third kappa shape index (κ3) is 24.1. The summed E-state index contributed by atoms with van der Waals surface area (Å²) >= 11 is 21.6. The van der Waals surface area contributed by atoms with Crippen LogP contribution in [0.5, 0.6) is 0 Å². The molecule has 0 saturated carbocycles. The normalized spacial score (nSPS) is 13.4. The van der Waals surface area contributed by atoms with Crippen LogP contribution in [0.2, 0.25) is 19.1 Å². The molecule has 34 heavy (non-hydrogen) atoms. The van der Waals surface area contributed by atoms with Crippen molar-refractivity contribution in [2.24, 2.45) is 0 Å². The molecule has 0 radical (unpaired) electrons. The van der Waals surface area contributed by atoms with Gasteiger partial charge < -0.3 is 9.47 Å². The van der Waals surface area contributed by atoms with Gasteiger partial charge in [0, 0.05) is 6.61 Å².